The number of carbonyl (C=O) groups excluding carboxylic acids is 2. The molecule has 2 aromatic carbocycles. The van der Waals surface area contributed by atoms with Gasteiger partial charge in [0, 0.05) is 31.4 Å². The summed E-state index contributed by atoms with van der Waals surface area (Å²) in [6.07, 6.45) is 1.08. The lowest BCUT2D eigenvalue weighted by Crippen LogP contribution is -2.42. The molecule has 36 heavy (non-hydrogen) atoms. The SMILES string of the molecule is CC1(C)OC(=O)C(=CNc2cccc(S(=O)(=O)Nc3nc(Cl)nc(Nc4ccccc4)n3)c2)C(=O)O1. The summed E-state index contributed by atoms with van der Waals surface area (Å²) in [5.74, 6) is -3.39. The molecule has 186 valence electrons. The lowest BCUT2D eigenvalue weighted by Gasteiger charge is -2.29. The number of carbonyl (C=O) groups is 2. The van der Waals surface area contributed by atoms with E-state index in [0.29, 0.717) is 5.69 Å². The minimum atomic E-state index is -4.16. The Morgan fingerprint density at radius 3 is 2.22 bits per heavy atom. The second kappa shape index (κ2) is 9.79. The molecule has 14 heteroatoms. The van der Waals surface area contributed by atoms with E-state index in [2.05, 4.69) is 30.3 Å². The highest BCUT2D eigenvalue weighted by Crippen LogP contribution is 2.24. The molecule has 0 aliphatic carbocycles. The van der Waals surface area contributed by atoms with E-state index in [1.165, 1.54) is 38.1 Å². The number of benzene rings is 2. The summed E-state index contributed by atoms with van der Waals surface area (Å²) < 4.78 is 38.2. The minimum absolute atomic E-state index is 0.0374. The average molecular weight is 531 g/mol. The van der Waals surface area contributed by atoms with Gasteiger partial charge in [0.15, 0.2) is 5.57 Å². The van der Waals surface area contributed by atoms with Crippen LogP contribution in [0.4, 0.5) is 23.3 Å². The van der Waals surface area contributed by atoms with Crippen molar-refractivity contribution in [2.45, 2.75) is 24.5 Å². The monoisotopic (exact) mass is 530 g/mol. The zero-order chi connectivity index (χ0) is 25.9. The molecule has 0 unspecified atom stereocenters. The largest absolute Gasteiger partial charge is 0.419 e. The van der Waals surface area contributed by atoms with Crippen molar-refractivity contribution in [1.82, 2.24) is 15.0 Å². The fourth-order valence-corrected chi connectivity index (χ4v) is 4.12. The Balaban J connectivity index is 1.51. The van der Waals surface area contributed by atoms with Crippen LogP contribution in [0.5, 0.6) is 0 Å². The van der Waals surface area contributed by atoms with E-state index in [0.717, 1.165) is 6.20 Å². The Kier molecular flexibility index (Phi) is 6.77. The standard InChI is InChI=1S/C22H19ClN6O6S/c1-22(2)34-17(30)16(18(31)35-22)12-24-14-9-6-10-15(11-14)36(32,33)29-21-27-19(23)26-20(28-21)25-13-7-4-3-5-8-13/h3-12,24H,1-2H3,(H2,25,26,27,28,29). The number of nitrogens with zero attached hydrogens (tertiary/aromatic N) is 3. The van der Waals surface area contributed by atoms with E-state index >= 15 is 0 Å². The van der Waals surface area contributed by atoms with Gasteiger partial charge in [0.05, 0.1) is 4.90 Å². The molecule has 1 saturated heterocycles. The summed E-state index contributed by atoms with van der Waals surface area (Å²) in [6.45, 7) is 2.85. The van der Waals surface area contributed by atoms with Gasteiger partial charge in [-0.1, -0.05) is 24.3 Å². The van der Waals surface area contributed by atoms with Gasteiger partial charge in [-0.2, -0.15) is 15.0 Å². The van der Waals surface area contributed by atoms with Gasteiger partial charge in [-0.25, -0.2) is 22.7 Å². The molecule has 1 aliphatic heterocycles. The normalized spacial score (nSPS) is 14.9. The third-order valence-corrected chi connectivity index (χ3v) is 6.00. The van der Waals surface area contributed by atoms with Gasteiger partial charge in [0.25, 0.3) is 15.8 Å². The molecule has 3 N–H and O–H groups in total. The van der Waals surface area contributed by atoms with Crippen LogP contribution in [-0.2, 0) is 29.1 Å². The highest BCUT2D eigenvalue weighted by molar-refractivity contribution is 7.92. The third kappa shape index (κ3) is 6.06. The van der Waals surface area contributed by atoms with E-state index in [1.54, 1.807) is 24.3 Å². The van der Waals surface area contributed by atoms with Crippen molar-refractivity contribution in [3.05, 3.63) is 71.7 Å². The van der Waals surface area contributed by atoms with E-state index in [-0.39, 0.29) is 33.3 Å². The van der Waals surface area contributed by atoms with E-state index < -0.39 is 27.7 Å². The maximum absolute atomic E-state index is 12.9. The van der Waals surface area contributed by atoms with Gasteiger partial charge in [-0.15, -0.1) is 0 Å². The van der Waals surface area contributed by atoms with Crippen molar-refractivity contribution in [3.8, 4) is 0 Å². The van der Waals surface area contributed by atoms with Gasteiger partial charge in [0.1, 0.15) is 0 Å². The van der Waals surface area contributed by atoms with Crippen molar-refractivity contribution in [2.24, 2.45) is 0 Å². The number of hydrogen-bond donors (Lipinski definition) is 3. The fourth-order valence-electron chi connectivity index (χ4n) is 2.97. The number of aromatic nitrogens is 3. The molecule has 0 radical (unpaired) electrons. The van der Waals surface area contributed by atoms with Crippen LogP contribution in [0.3, 0.4) is 0 Å². The van der Waals surface area contributed by atoms with Gasteiger partial charge < -0.3 is 20.1 Å². The predicted octanol–water partition coefficient (Wildman–Crippen LogP) is 3.20. The van der Waals surface area contributed by atoms with Crippen LogP contribution in [0.1, 0.15) is 13.8 Å². The molecule has 1 fully saturated rings. The van der Waals surface area contributed by atoms with Crippen LogP contribution in [0.15, 0.2) is 71.3 Å². The number of rotatable bonds is 7. The molecule has 3 aromatic rings. The van der Waals surface area contributed by atoms with Gasteiger partial charge in [-0.3, -0.25) is 0 Å². The Morgan fingerprint density at radius 1 is 0.889 bits per heavy atom. The van der Waals surface area contributed by atoms with Crippen molar-refractivity contribution in [3.63, 3.8) is 0 Å². The highest BCUT2D eigenvalue weighted by atomic mass is 35.5. The molecular formula is C22H19ClN6O6S. The first-order valence-corrected chi connectivity index (χ1v) is 12.2. The number of cyclic esters (lactones) is 2. The Labute approximate surface area is 210 Å². The maximum atomic E-state index is 12.9. The first kappa shape index (κ1) is 24.9. The summed E-state index contributed by atoms with van der Waals surface area (Å²) in [7, 11) is -4.16. The van der Waals surface area contributed by atoms with Crippen molar-refractivity contribution in [2.75, 3.05) is 15.4 Å². The van der Waals surface area contributed by atoms with Crippen LogP contribution >= 0.6 is 11.6 Å². The Bertz CT molecular complexity index is 1440. The first-order chi connectivity index (χ1) is 17.0. The molecule has 0 spiro atoms. The van der Waals surface area contributed by atoms with Crippen LogP contribution in [0.2, 0.25) is 5.28 Å². The van der Waals surface area contributed by atoms with Gasteiger partial charge in [-0.05, 0) is 41.9 Å². The Morgan fingerprint density at radius 2 is 1.53 bits per heavy atom. The topological polar surface area (TPSA) is 161 Å². The molecule has 0 bridgehead atoms. The molecule has 12 nitrogen and oxygen atoms in total. The molecule has 2 heterocycles. The smallest absolute Gasteiger partial charge is 0.350 e. The number of sulfonamides is 1. The van der Waals surface area contributed by atoms with Crippen molar-refractivity contribution in [1.29, 1.82) is 0 Å². The summed E-state index contributed by atoms with van der Waals surface area (Å²) in [4.78, 5) is 35.8. The highest BCUT2D eigenvalue weighted by Gasteiger charge is 2.39. The second-order valence-corrected chi connectivity index (χ2v) is 9.78. The number of esters is 2. The molecule has 0 atom stereocenters. The number of anilines is 4. The van der Waals surface area contributed by atoms with Crippen molar-refractivity contribution < 1.29 is 27.5 Å². The summed E-state index contributed by atoms with van der Waals surface area (Å²) >= 11 is 5.94. The lowest BCUT2D eigenvalue weighted by molar-refractivity contribution is -0.222. The van der Waals surface area contributed by atoms with Gasteiger partial charge in [0.2, 0.25) is 17.2 Å². The lowest BCUT2D eigenvalue weighted by atomic mass is 10.2. The number of ether oxygens (including phenoxy) is 2. The number of para-hydroxylation sites is 1. The zero-order valence-corrected chi connectivity index (χ0v) is 20.4. The van der Waals surface area contributed by atoms with Crippen LogP contribution < -0.4 is 15.4 Å². The second-order valence-electron chi connectivity index (χ2n) is 7.76. The van der Waals surface area contributed by atoms with Crippen LogP contribution in [0.25, 0.3) is 0 Å². The number of halogens is 1. The number of nitrogens with one attached hydrogen (secondary N) is 3. The van der Waals surface area contributed by atoms with E-state index in [1.807, 2.05) is 6.07 Å². The Hall–Kier alpha value is -4.23. The van der Waals surface area contributed by atoms with Gasteiger partial charge >= 0.3 is 11.9 Å². The number of hydrogen-bond acceptors (Lipinski definition) is 11. The maximum Gasteiger partial charge on any atom is 0.350 e. The molecule has 1 aliphatic rings. The predicted molar refractivity (Wildman–Crippen MR) is 130 cm³/mol. The molecule has 0 saturated carbocycles. The van der Waals surface area contributed by atoms with E-state index in [4.69, 9.17) is 21.1 Å². The molecular weight excluding hydrogens is 512 g/mol. The summed E-state index contributed by atoms with van der Waals surface area (Å²) in [5.41, 5.74) is 0.547. The average Bonchev–Trinajstić information content (AvgIpc) is 2.78. The molecule has 4 rings (SSSR count). The first-order valence-electron chi connectivity index (χ1n) is 10.3. The minimum Gasteiger partial charge on any atom is -0.419 e. The fraction of sp³-hybridized carbons (Fsp3) is 0.136. The zero-order valence-electron chi connectivity index (χ0n) is 18.9. The molecule has 1 aromatic heterocycles. The van der Waals surface area contributed by atoms with Crippen molar-refractivity contribution >= 4 is 56.8 Å². The summed E-state index contributed by atoms with van der Waals surface area (Å²) in [6, 6.07) is 14.6. The summed E-state index contributed by atoms with van der Waals surface area (Å²) in [5, 5.41) is 5.38. The van der Waals surface area contributed by atoms with Crippen LogP contribution in [0, 0.1) is 0 Å². The third-order valence-electron chi connectivity index (χ3n) is 4.51. The van der Waals surface area contributed by atoms with E-state index in [9.17, 15) is 18.0 Å². The molecule has 0 amide bonds. The van der Waals surface area contributed by atoms with Crippen LogP contribution in [-0.4, -0.2) is 41.1 Å². The quantitative estimate of drug-likeness (QED) is 0.233.